The fourth-order valence-corrected chi connectivity index (χ4v) is 5.04. The number of nitrogens with zero attached hydrogens (tertiary/aromatic N) is 5. The van der Waals surface area contributed by atoms with Crippen LogP contribution in [0, 0.1) is 0 Å². The van der Waals surface area contributed by atoms with Gasteiger partial charge in [0.15, 0.2) is 17.7 Å². The van der Waals surface area contributed by atoms with E-state index in [1.165, 1.54) is 37.5 Å². The number of phosphoric ester groups is 1. The molecule has 0 aliphatic carbocycles. The van der Waals surface area contributed by atoms with Gasteiger partial charge in [-0.3, -0.25) is 13.6 Å². The number of aliphatic hydroxyl groups is 2. The second kappa shape index (κ2) is 8.82. The maximum absolute atomic E-state index is 13.1. The summed E-state index contributed by atoms with van der Waals surface area (Å²) in [6.45, 7) is 0.962. The third-order valence-corrected chi connectivity index (χ3v) is 7.08. The van der Waals surface area contributed by atoms with E-state index in [0.717, 1.165) is 0 Å². The SMILES string of the molecule is COc1ccc(C2=CCOP(=O)(OC[C@H]3O[C@@H](n4cnc5c(N)ncnc54)[C@](C)(O)[C@@H]3O)O2)cn1. The predicted molar refractivity (Wildman–Crippen MR) is 120 cm³/mol. The predicted octanol–water partition coefficient (Wildman–Crippen LogP) is 1.03. The number of methoxy groups -OCH3 is 1. The Kier molecular flexibility index (Phi) is 5.95. The fourth-order valence-electron chi connectivity index (χ4n) is 3.85. The topological polar surface area (TPSA) is 186 Å². The van der Waals surface area contributed by atoms with Gasteiger partial charge in [0.2, 0.25) is 5.88 Å². The molecule has 1 saturated heterocycles. The molecule has 35 heavy (non-hydrogen) atoms. The quantitative estimate of drug-likeness (QED) is 0.403. The molecule has 0 radical (unpaired) electrons. The normalized spacial score (nSPS) is 30.7. The van der Waals surface area contributed by atoms with Crippen LogP contribution in [0.4, 0.5) is 5.82 Å². The summed E-state index contributed by atoms with van der Waals surface area (Å²) >= 11 is 0. The van der Waals surface area contributed by atoms with Crippen LogP contribution in [-0.2, 0) is 22.9 Å². The summed E-state index contributed by atoms with van der Waals surface area (Å²) in [6, 6.07) is 3.31. The molecule has 1 unspecified atom stereocenters. The summed E-state index contributed by atoms with van der Waals surface area (Å²) < 4.78 is 41.6. The summed E-state index contributed by atoms with van der Waals surface area (Å²) in [7, 11) is -2.56. The maximum Gasteiger partial charge on any atom is 0.530 e. The van der Waals surface area contributed by atoms with Crippen molar-refractivity contribution in [1.29, 1.82) is 0 Å². The number of phosphoric acid groups is 1. The van der Waals surface area contributed by atoms with E-state index >= 15 is 0 Å². The van der Waals surface area contributed by atoms with Gasteiger partial charge in [0.05, 0.1) is 26.7 Å². The number of pyridine rings is 1. The second-order valence-electron chi connectivity index (χ2n) is 8.07. The first-order valence-electron chi connectivity index (χ1n) is 10.5. The number of aliphatic hydroxyl groups excluding tert-OH is 1. The van der Waals surface area contributed by atoms with Crippen molar-refractivity contribution in [3.05, 3.63) is 42.6 Å². The fraction of sp³-hybridized carbons (Fsp3) is 0.400. The van der Waals surface area contributed by atoms with E-state index in [1.54, 1.807) is 18.2 Å². The van der Waals surface area contributed by atoms with Crippen LogP contribution in [0.1, 0.15) is 18.7 Å². The molecular weight excluding hydrogens is 483 g/mol. The Hall–Kier alpha value is -3.13. The number of hydrogen-bond donors (Lipinski definition) is 3. The molecule has 3 aromatic rings. The van der Waals surface area contributed by atoms with Gasteiger partial charge in [-0.15, -0.1) is 0 Å². The third-order valence-electron chi connectivity index (χ3n) is 5.73. The number of hydrogen-bond acceptors (Lipinski definition) is 13. The van der Waals surface area contributed by atoms with Crippen molar-refractivity contribution in [3.63, 3.8) is 0 Å². The standard InChI is InChI=1S/C20H23N6O8P/c1-20(28)16(27)13(33-19(20)26-10-25-15-17(21)23-9-24-18(15)26)8-32-35(29)31-6-5-12(34-35)11-3-4-14(30-2)22-7-11/h3-5,7,9-10,13,16,19,27-28H,6,8H2,1-2H3,(H2,21,23,24)/t13-,16-,19-,20-,35?/m1/s1. The molecule has 3 aromatic heterocycles. The van der Waals surface area contributed by atoms with Crippen molar-refractivity contribution in [1.82, 2.24) is 24.5 Å². The highest BCUT2D eigenvalue weighted by molar-refractivity contribution is 7.48. The highest BCUT2D eigenvalue weighted by Crippen LogP contribution is 2.55. The monoisotopic (exact) mass is 506 g/mol. The Morgan fingerprint density at radius 1 is 1.31 bits per heavy atom. The number of aromatic nitrogens is 5. The number of anilines is 1. The Balaban J connectivity index is 1.30. The van der Waals surface area contributed by atoms with Gasteiger partial charge in [-0.05, 0) is 19.1 Å². The molecular formula is C20H23N6O8P. The molecule has 186 valence electrons. The van der Waals surface area contributed by atoms with Crippen molar-refractivity contribution in [2.75, 3.05) is 26.1 Å². The number of ether oxygens (including phenoxy) is 2. The van der Waals surface area contributed by atoms with Crippen LogP contribution >= 0.6 is 7.82 Å². The largest absolute Gasteiger partial charge is 0.530 e. The molecule has 1 fully saturated rings. The van der Waals surface area contributed by atoms with Gasteiger partial charge in [0.1, 0.15) is 35.4 Å². The molecule has 5 atom stereocenters. The van der Waals surface area contributed by atoms with Crippen LogP contribution in [0.5, 0.6) is 5.88 Å². The van der Waals surface area contributed by atoms with Gasteiger partial charge >= 0.3 is 7.82 Å². The molecule has 0 saturated carbocycles. The van der Waals surface area contributed by atoms with Gasteiger partial charge in [0.25, 0.3) is 0 Å². The molecule has 0 bridgehead atoms. The van der Waals surface area contributed by atoms with Gasteiger partial charge in [0, 0.05) is 17.8 Å². The lowest BCUT2D eigenvalue weighted by Gasteiger charge is -2.27. The van der Waals surface area contributed by atoms with Crippen LogP contribution in [0.2, 0.25) is 0 Å². The van der Waals surface area contributed by atoms with E-state index in [-0.39, 0.29) is 18.2 Å². The molecule has 0 aromatic carbocycles. The minimum absolute atomic E-state index is 0.0325. The maximum atomic E-state index is 13.1. The molecule has 2 aliphatic rings. The molecule has 0 amide bonds. The van der Waals surface area contributed by atoms with E-state index in [4.69, 9.17) is 28.8 Å². The highest BCUT2D eigenvalue weighted by atomic mass is 31.2. The van der Waals surface area contributed by atoms with E-state index < -0.39 is 38.5 Å². The average Bonchev–Trinajstić information content (AvgIpc) is 3.37. The smallest absolute Gasteiger partial charge is 0.481 e. The molecule has 4 N–H and O–H groups in total. The lowest BCUT2D eigenvalue weighted by molar-refractivity contribution is -0.0950. The summed E-state index contributed by atoms with van der Waals surface area (Å²) in [5.41, 5.74) is 5.24. The van der Waals surface area contributed by atoms with Crippen LogP contribution < -0.4 is 10.5 Å². The lowest BCUT2D eigenvalue weighted by Crippen LogP contribution is -2.44. The van der Waals surface area contributed by atoms with Gasteiger partial charge in [-0.1, -0.05) is 0 Å². The highest BCUT2D eigenvalue weighted by Gasteiger charge is 2.54. The van der Waals surface area contributed by atoms with E-state index in [2.05, 4.69) is 19.9 Å². The number of nitrogens with two attached hydrogens (primary N) is 1. The van der Waals surface area contributed by atoms with Crippen molar-refractivity contribution >= 4 is 30.6 Å². The minimum atomic E-state index is -4.06. The molecule has 14 nitrogen and oxygen atoms in total. The Morgan fingerprint density at radius 2 is 2.14 bits per heavy atom. The van der Waals surface area contributed by atoms with Crippen LogP contribution in [0.25, 0.3) is 16.9 Å². The molecule has 5 rings (SSSR count). The van der Waals surface area contributed by atoms with Crippen molar-refractivity contribution in [2.24, 2.45) is 0 Å². The van der Waals surface area contributed by atoms with Crippen LogP contribution in [-0.4, -0.2) is 72.8 Å². The van der Waals surface area contributed by atoms with Gasteiger partial charge in [-0.25, -0.2) is 24.5 Å². The van der Waals surface area contributed by atoms with Gasteiger partial charge in [-0.2, -0.15) is 0 Å². The van der Waals surface area contributed by atoms with Crippen molar-refractivity contribution in [3.8, 4) is 5.88 Å². The Morgan fingerprint density at radius 3 is 2.89 bits per heavy atom. The zero-order valence-corrected chi connectivity index (χ0v) is 19.6. The lowest BCUT2D eigenvalue weighted by atomic mass is 9.96. The van der Waals surface area contributed by atoms with E-state index in [1.807, 2.05) is 0 Å². The Labute approximate surface area is 198 Å². The average molecular weight is 506 g/mol. The van der Waals surface area contributed by atoms with Crippen LogP contribution in [0.15, 0.2) is 37.1 Å². The Bertz CT molecular complexity index is 1310. The molecule has 0 spiro atoms. The second-order valence-corrected chi connectivity index (χ2v) is 9.66. The number of nitrogen functional groups attached to an aromatic ring is 1. The van der Waals surface area contributed by atoms with Crippen LogP contribution in [0.3, 0.4) is 0 Å². The van der Waals surface area contributed by atoms with Gasteiger partial charge < -0.3 is 29.9 Å². The first kappa shape index (κ1) is 23.6. The minimum Gasteiger partial charge on any atom is -0.481 e. The summed E-state index contributed by atoms with van der Waals surface area (Å²) in [5, 5.41) is 21.8. The molecule has 15 heteroatoms. The summed E-state index contributed by atoms with van der Waals surface area (Å²) in [4.78, 5) is 16.3. The van der Waals surface area contributed by atoms with E-state index in [0.29, 0.717) is 22.6 Å². The first-order chi connectivity index (χ1) is 16.7. The van der Waals surface area contributed by atoms with Crippen molar-refractivity contribution in [2.45, 2.75) is 31.0 Å². The third kappa shape index (κ3) is 4.24. The van der Waals surface area contributed by atoms with E-state index in [9.17, 15) is 14.8 Å². The molecule has 2 aliphatic heterocycles. The first-order valence-corrected chi connectivity index (χ1v) is 12.0. The zero-order chi connectivity index (χ0) is 24.8. The van der Waals surface area contributed by atoms with Crippen molar-refractivity contribution < 1.29 is 37.8 Å². The number of rotatable bonds is 6. The summed E-state index contributed by atoms with van der Waals surface area (Å²) in [5.74, 6) is 0.830. The number of imidazole rings is 1. The molecule has 5 heterocycles. The number of fused-ring (bicyclic) bond motifs is 1. The zero-order valence-electron chi connectivity index (χ0n) is 18.7. The summed E-state index contributed by atoms with van der Waals surface area (Å²) in [6.07, 6.45) is 2.12.